The van der Waals surface area contributed by atoms with E-state index in [1.165, 1.54) is 11.1 Å². The second kappa shape index (κ2) is 16.8. The van der Waals surface area contributed by atoms with Crippen molar-refractivity contribution in [3.8, 4) is 0 Å². The summed E-state index contributed by atoms with van der Waals surface area (Å²) in [5.74, 6) is -0.471. The minimum atomic E-state index is -1.73. The third-order valence-corrected chi connectivity index (χ3v) is 12.0. The van der Waals surface area contributed by atoms with E-state index < -0.39 is 26.5 Å². The van der Waals surface area contributed by atoms with Crippen LogP contribution in [0.5, 0.6) is 0 Å². The topological polar surface area (TPSA) is 76.5 Å². The van der Waals surface area contributed by atoms with Crippen molar-refractivity contribution >= 4 is 38.2 Å². The van der Waals surface area contributed by atoms with Gasteiger partial charge in [-0.25, -0.2) is 9.78 Å². The normalized spacial score (nSPS) is 16.5. The van der Waals surface area contributed by atoms with Crippen LogP contribution in [-0.2, 0) is 14.0 Å². The number of aromatic nitrogens is 1. The molecule has 0 aromatic carbocycles. The Labute approximate surface area is 250 Å². The molecule has 0 fully saturated rings. The number of aliphatic carboxylic acids is 1. The van der Waals surface area contributed by atoms with Crippen LogP contribution in [0.2, 0.25) is 11.1 Å². The summed E-state index contributed by atoms with van der Waals surface area (Å²) in [6, 6.07) is 0.869. The molecular formula is C33H57NO4SSi. The number of aryl methyl sites for hydroxylation is 1. The van der Waals surface area contributed by atoms with Gasteiger partial charge in [0.2, 0.25) is 0 Å². The molecule has 5 nitrogen and oxygen atoms in total. The molecule has 40 heavy (non-hydrogen) atoms. The Hall–Kier alpha value is -1.57. The molecule has 0 aliphatic heterocycles. The van der Waals surface area contributed by atoms with Gasteiger partial charge in [0.25, 0.3) is 0 Å². The van der Waals surface area contributed by atoms with Gasteiger partial charge in [-0.15, -0.1) is 11.3 Å². The molecule has 1 aromatic rings. The fraction of sp³-hybridized carbons (Fsp3) is 0.727. The van der Waals surface area contributed by atoms with Crippen LogP contribution in [0.1, 0.15) is 125 Å². The van der Waals surface area contributed by atoms with E-state index in [2.05, 4.69) is 71.0 Å². The van der Waals surface area contributed by atoms with E-state index in [9.17, 15) is 14.7 Å². The fourth-order valence-corrected chi connectivity index (χ4v) is 8.52. The molecule has 1 rings (SSSR count). The van der Waals surface area contributed by atoms with Crippen molar-refractivity contribution in [2.75, 3.05) is 0 Å². The number of thiazole rings is 1. The highest BCUT2D eigenvalue weighted by molar-refractivity contribution is 7.09. The first kappa shape index (κ1) is 36.5. The van der Waals surface area contributed by atoms with Gasteiger partial charge in [0.05, 0.1) is 10.7 Å². The van der Waals surface area contributed by atoms with Gasteiger partial charge in [-0.3, -0.25) is 4.79 Å². The number of hydrogen-bond acceptors (Lipinski definition) is 5. The monoisotopic (exact) mass is 591 g/mol. The molecule has 0 aliphatic rings. The Morgan fingerprint density at radius 1 is 1.12 bits per heavy atom. The third-order valence-electron chi connectivity index (χ3n) is 7.84. The maximum atomic E-state index is 13.4. The summed E-state index contributed by atoms with van der Waals surface area (Å²) in [4.78, 5) is 30.0. The minimum absolute atomic E-state index is 0.0238. The van der Waals surface area contributed by atoms with Gasteiger partial charge in [0, 0.05) is 16.7 Å². The number of allylic oxidation sites excluding steroid dienone is 3. The molecular weight excluding hydrogens is 535 g/mol. The van der Waals surface area contributed by atoms with Crippen LogP contribution in [0, 0.1) is 24.2 Å². The molecule has 0 spiro atoms. The first-order chi connectivity index (χ1) is 18.5. The number of rotatable bonds is 18. The zero-order chi connectivity index (χ0) is 30.7. The van der Waals surface area contributed by atoms with Crippen molar-refractivity contribution in [1.82, 2.24) is 4.98 Å². The molecule has 0 saturated heterocycles. The van der Waals surface area contributed by atoms with Gasteiger partial charge < -0.3 is 9.53 Å². The van der Waals surface area contributed by atoms with Gasteiger partial charge in [-0.1, -0.05) is 79.0 Å². The number of carboxylic acid groups (broad SMARTS) is 1. The molecule has 4 atom stereocenters. The maximum absolute atomic E-state index is 13.4. The van der Waals surface area contributed by atoms with Crippen molar-refractivity contribution in [3.05, 3.63) is 33.3 Å². The van der Waals surface area contributed by atoms with E-state index in [-0.39, 0.29) is 23.2 Å². The van der Waals surface area contributed by atoms with Crippen LogP contribution in [0.3, 0.4) is 0 Å². The second-order valence-corrected chi connectivity index (χ2v) is 18.5. The number of Topliss-reactive ketones (excluding diaryl/α,β-unsaturated/α-hetero) is 1. The van der Waals surface area contributed by atoms with Gasteiger partial charge in [-0.2, -0.15) is 0 Å². The Morgan fingerprint density at radius 2 is 1.77 bits per heavy atom. The second-order valence-electron chi connectivity index (χ2n) is 13.7. The Kier molecular flexibility index (Phi) is 15.3. The zero-order valence-electron chi connectivity index (χ0n) is 27.2. The average molecular weight is 592 g/mol. The smallest absolute Gasteiger partial charge is 0.331 e. The summed E-state index contributed by atoms with van der Waals surface area (Å²) in [5, 5.41) is 13.1. The highest BCUT2D eigenvalue weighted by Gasteiger charge is 2.39. The quantitative estimate of drug-likeness (QED) is 0.136. The lowest BCUT2D eigenvalue weighted by atomic mass is 9.75. The largest absolute Gasteiger partial charge is 0.479 e. The fourth-order valence-electron chi connectivity index (χ4n) is 5.51. The van der Waals surface area contributed by atoms with E-state index in [0.717, 1.165) is 55.3 Å². The van der Waals surface area contributed by atoms with Crippen molar-refractivity contribution in [1.29, 1.82) is 0 Å². The average Bonchev–Trinajstić information content (AvgIpc) is 3.24. The maximum Gasteiger partial charge on any atom is 0.331 e. The lowest BCUT2D eigenvalue weighted by Crippen LogP contribution is -2.42. The van der Waals surface area contributed by atoms with Crippen molar-refractivity contribution < 1.29 is 19.1 Å². The predicted octanol–water partition coefficient (Wildman–Crippen LogP) is 9.41. The Bertz CT molecular complexity index is 1000. The minimum Gasteiger partial charge on any atom is -0.479 e. The van der Waals surface area contributed by atoms with Gasteiger partial charge in [-0.05, 0) is 82.4 Å². The van der Waals surface area contributed by atoms with Crippen molar-refractivity contribution in [3.63, 3.8) is 0 Å². The molecule has 228 valence electrons. The molecule has 0 amide bonds. The summed E-state index contributed by atoms with van der Waals surface area (Å²) in [6.45, 7) is 22.9. The number of nitrogens with zero attached hydrogens (tertiary/aromatic N) is 1. The van der Waals surface area contributed by atoms with Crippen LogP contribution in [0.4, 0.5) is 0 Å². The van der Waals surface area contributed by atoms with Crippen molar-refractivity contribution in [2.24, 2.45) is 17.3 Å². The van der Waals surface area contributed by atoms with Crippen LogP contribution >= 0.6 is 11.3 Å². The van der Waals surface area contributed by atoms with E-state index in [4.69, 9.17) is 4.43 Å². The molecule has 0 aliphatic carbocycles. The summed E-state index contributed by atoms with van der Waals surface area (Å²) >= 11 is 1.69. The van der Waals surface area contributed by atoms with Crippen molar-refractivity contribution in [2.45, 2.75) is 138 Å². The van der Waals surface area contributed by atoms with E-state index in [1.54, 1.807) is 11.3 Å². The van der Waals surface area contributed by atoms with E-state index in [0.29, 0.717) is 5.92 Å². The Morgan fingerprint density at radius 3 is 2.30 bits per heavy atom. The Balaban J connectivity index is 2.53. The number of carbonyl (C=O) groups excluding carboxylic acids is 1. The molecule has 1 unspecified atom stereocenters. The molecule has 1 aromatic heterocycles. The summed E-state index contributed by atoms with van der Waals surface area (Å²) in [7, 11) is -1.73. The third kappa shape index (κ3) is 13.4. The lowest BCUT2D eigenvalue weighted by Gasteiger charge is -2.34. The summed E-state index contributed by atoms with van der Waals surface area (Å²) in [6.07, 6.45) is 10.0. The predicted molar refractivity (Wildman–Crippen MR) is 174 cm³/mol. The van der Waals surface area contributed by atoms with Crippen LogP contribution in [-0.4, -0.2) is 37.0 Å². The molecule has 7 heteroatoms. The highest BCUT2D eigenvalue weighted by Crippen LogP contribution is 2.35. The van der Waals surface area contributed by atoms with E-state index >= 15 is 0 Å². The number of ketones is 1. The number of carboxylic acids is 1. The standard InChI is InChI=1S/C33H57NO4SSi/c1-12-40(32(7,8)9)38-29(31(36)37)21-33(10,11)30(35)26(5)19-24(3)17-13-15-23(2)16-14-18-25(4)20-28-22-39-27(6)34-28/h16,20,22,24,26,29,40H,12-15,17-19,21H2,1-11H3,(H,36,37)/b23-16+,25-20+/t24-,26+,29+,40?/m0/s1. The molecule has 1 N–H and O–H groups in total. The van der Waals surface area contributed by atoms with E-state index in [1.807, 2.05) is 27.7 Å². The summed E-state index contributed by atoms with van der Waals surface area (Å²) in [5.41, 5.74) is 3.11. The number of carbonyl (C=O) groups is 2. The van der Waals surface area contributed by atoms with Crippen LogP contribution in [0.15, 0.2) is 22.6 Å². The lowest BCUT2D eigenvalue weighted by molar-refractivity contribution is -0.148. The summed E-state index contributed by atoms with van der Waals surface area (Å²) < 4.78 is 6.19. The zero-order valence-corrected chi connectivity index (χ0v) is 29.2. The SMILES string of the molecule is CC[SiH](O[C@H](CC(C)(C)C(=O)[C@H](C)C[C@@H](C)CCC/C(C)=C/CC/C(C)=C/c1csc(C)n1)C(=O)O)C(C)(C)C. The molecule has 0 radical (unpaired) electrons. The first-order valence-corrected chi connectivity index (χ1v) is 17.9. The van der Waals surface area contributed by atoms with Gasteiger partial charge >= 0.3 is 5.97 Å². The number of hydrogen-bond donors (Lipinski definition) is 1. The highest BCUT2D eigenvalue weighted by atomic mass is 32.1. The van der Waals surface area contributed by atoms with Crippen LogP contribution < -0.4 is 0 Å². The molecule has 1 heterocycles. The first-order valence-electron chi connectivity index (χ1n) is 15.1. The van der Waals surface area contributed by atoms with Crippen LogP contribution in [0.25, 0.3) is 6.08 Å². The molecule has 0 bridgehead atoms. The van der Waals surface area contributed by atoms with Gasteiger partial charge in [0.15, 0.2) is 9.04 Å². The molecule has 0 saturated carbocycles. The van der Waals surface area contributed by atoms with Gasteiger partial charge in [0.1, 0.15) is 11.9 Å².